The van der Waals surface area contributed by atoms with Gasteiger partial charge in [0.1, 0.15) is 5.75 Å². The first-order chi connectivity index (χ1) is 6.95. The van der Waals surface area contributed by atoms with Crippen LogP contribution in [0.5, 0.6) is 5.75 Å². The van der Waals surface area contributed by atoms with Gasteiger partial charge in [-0.05, 0) is 5.56 Å². The van der Waals surface area contributed by atoms with Gasteiger partial charge in [-0.1, -0.05) is 18.2 Å². The van der Waals surface area contributed by atoms with Crippen molar-refractivity contribution in [1.29, 1.82) is 0 Å². The molecular weight excluding hydrogens is 176 g/mol. The second kappa shape index (κ2) is 2.87. The molecular formula is C11H10N2O. The minimum atomic E-state index is 0.796. The number of ether oxygens (including phenoxy) is 1. The Morgan fingerprint density at radius 1 is 1.36 bits per heavy atom. The van der Waals surface area contributed by atoms with Crippen molar-refractivity contribution >= 4 is 0 Å². The Hall–Kier alpha value is -1.77. The maximum Gasteiger partial charge on any atom is 0.130 e. The third-order valence-corrected chi connectivity index (χ3v) is 2.52. The van der Waals surface area contributed by atoms with Crippen LogP contribution in [0.1, 0.15) is 5.56 Å². The highest BCUT2D eigenvalue weighted by molar-refractivity contribution is 5.71. The van der Waals surface area contributed by atoms with Crippen LogP contribution in [0.25, 0.3) is 11.1 Å². The lowest BCUT2D eigenvalue weighted by Crippen LogP contribution is -1.87. The van der Waals surface area contributed by atoms with Gasteiger partial charge in [0, 0.05) is 23.7 Å². The number of benzene rings is 1. The Morgan fingerprint density at radius 3 is 3.21 bits per heavy atom. The van der Waals surface area contributed by atoms with E-state index in [1.807, 2.05) is 12.4 Å². The molecule has 70 valence electrons. The Balaban J connectivity index is 2.20. The average molecular weight is 186 g/mol. The maximum atomic E-state index is 5.61. The highest BCUT2D eigenvalue weighted by Gasteiger charge is 2.16. The molecule has 14 heavy (non-hydrogen) atoms. The van der Waals surface area contributed by atoms with Crippen molar-refractivity contribution in [1.82, 2.24) is 10.2 Å². The largest absolute Gasteiger partial charge is 0.492 e. The van der Waals surface area contributed by atoms with Gasteiger partial charge < -0.3 is 4.74 Å². The lowest BCUT2D eigenvalue weighted by Gasteiger charge is -2.04. The van der Waals surface area contributed by atoms with E-state index in [0.717, 1.165) is 29.9 Å². The number of H-pyrrole nitrogens is 1. The molecule has 1 aromatic carbocycles. The van der Waals surface area contributed by atoms with Crippen LogP contribution >= 0.6 is 0 Å². The molecule has 0 aliphatic carbocycles. The number of para-hydroxylation sites is 1. The summed E-state index contributed by atoms with van der Waals surface area (Å²) in [5.41, 5.74) is 3.52. The topological polar surface area (TPSA) is 37.9 Å². The number of fused-ring (bicyclic) bond motifs is 1. The van der Waals surface area contributed by atoms with Crippen molar-refractivity contribution in [3.05, 3.63) is 36.2 Å². The van der Waals surface area contributed by atoms with Gasteiger partial charge in [-0.3, -0.25) is 5.10 Å². The lowest BCUT2D eigenvalue weighted by molar-refractivity contribution is 0.358. The van der Waals surface area contributed by atoms with Crippen molar-refractivity contribution in [2.75, 3.05) is 6.61 Å². The van der Waals surface area contributed by atoms with E-state index in [2.05, 4.69) is 28.4 Å². The number of rotatable bonds is 1. The van der Waals surface area contributed by atoms with Crippen LogP contribution in [-0.2, 0) is 6.42 Å². The molecule has 0 saturated heterocycles. The van der Waals surface area contributed by atoms with Crippen LogP contribution in [0, 0.1) is 0 Å². The van der Waals surface area contributed by atoms with Crippen molar-refractivity contribution in [2.24, 2.45) is 0 Å². The van der Waals surface area contributed by atoms with Gasteiger partial charge in [0.25, 0.3) is 0 Å². The fourth-order valence-electron chi connectivity index (χ4n) is 1.84. The summed E-state index contributed by atoms with van der Waals surface area (Å²) in [4.78, 5) is 0. The molecule has 2 heterocycles. The van der Waals surface area contributed by atoms with Gasteiger partial charge in [-0.2, -0.15) is 5.10 Å². The van der Waals surface area contributed by atoms with E-state index in [1.165, 1.54) is 5.56 Å². The molecule has 0 fully saturated rings. The standard InChI is InChI=1S/C11H10N2O/c1-2-8-4-5-14-11(8)10(3-1)9-6-12-13-7-9/h1-3,6-7H,4-5H2,(H,12,13). The molecule has 1 aliphatic heterocycles. The van der Waals surface area contributed by atoms with Crippen LogP contribution < -0.4 is 4.74 Å². The Morgan fingerprint density at radius 2 is 2.36 bits per heavy atom. The van der Waals surface area contributed by atoms with E-state index in [9.17, 15) is 0 Å². The molecule has 0 saturated carbocycles. The summed E-state index contributed by atoms with van der Waals surface area (Å²) >= 11 is 0. The zero-order chi connectivity index (χ0) is 9.38. The Bertz CT molecular complexity index is 448. The molecule has 0 radical (unpaired) electrons. The van der Waals surface area contributed by atoms with Crippen LogP contribution in [0.3, 0.4) is 0 Å². The third-order valence-electron chi connectivity index (χ3n) is 2.52. The molecule has 3 heteroatoms. The zero-order valence-corrected chi connectivity index (χ0v) is 7.66. The molecule has 1 aliphatic rings. The average Bonchev–Trinajstić information content (AvgIpc) is 2.88. The molecule has 0 amide bonds. The zero-order valence-electron chi connectivity index (χ0n) is 7.66. The predicted octanol–water partition coefficient (Wildman–Crippen LogP) is 2.01. The van der Waals surface area contributed by atoms with E-state index in [1.54, 1.807) is 0 Å². The summed E-state index contributed by atoms with van der Waals surface area (Å²) in [5, 5.41) is 6.76. The van der Waals surface area contributed by atoms with Crippen molar-refractivity contribution in [2.45, 2.75) is 6.42 Å². The number of nitrogens with one attached hydrogen (secondary N) is 1. The summed E-state index contributed by atoms with van der Waals surface area (Å²) < 4.78 is 5.61. The first kappa shape index (κ1) is 7.62. The van der Waals surface area contributed by atoms with Crippen LogP contribution in [0.2, 0.25) is 0 Å². The molecule has 3 rings (SSSR count). The number of aromatic amines is 1. The summed E-state index contributed by atoms with van der Waals surface area (Å²) in [6.45, 7) is 0.796. The number of aromatic nitrogens is 2. The van der Waals surface area contributed by atoms with Crippen molar-refractivity contribution < 1.29 is 4.74 Å². The van der Waals surface area contributed by atoms with Gasteiger partial charge in [-0.25, -0.2) is 0 Å². The van der Waals surface area contributed by atoms with Gasteiger partial charge in [0.15, 0.2) is 0 Å². The minimum Gasteiger partial charge on any atom is -0.492 e. The first-order valence-corrected chi connectivity index (χ1v) is 4.69. The van der Waals surface area contributed by atoms with Gasteiger partial charge in [0.05, 0.1) is 12.8 Å². The minimum absolute atomic E-state index is 0.796. The predicted molar refractivity (Wildman–Crippen MR) is 53.2 cm³/mol. The third kappa shape index (κ3) is 1.02. The second-order valence-corrected chi connectivity index (χ2v) is 3.38. The summed E-state index contributed by atoms with van der Waals surface area (Å²) in [6.07, 6.45) is 4.72. The molecule has 0 atom stereocenters. The van der Waals surface area contributed by atoms with E-state index < -0.39 is 0 Å². The van der Waals surface area contributed by atoms with Crippen LogP contribution in [-0.4, -0.2) is 16.8 Å². The molecule has 3 nitrogen and oxygen atoms in total. The summed E-state index contributed by atoms with van der Waals surface area (Å²) in [5.74, 6) is 1.02. The highest BCUT2D eigenvalue weighted by atomic mass is 16.5. The summed E-state index contributed by atoms with van der Waals surface area (Å²) in [6, 6.07) is 6.25. The smallest absolute Gasteiger partial charge is 0.130 e. The Kier molecular flexibility index (Phi) is 1.56. The molecule has 0 spiro atoms. The van der Waals surface area contributed by atoms with E-state index >= 15 is 0 Å². The summed E-state index contributed by atoms with van der Waals surface area (Å²) in [7, 11) is 0. The van der Waals surface area contributed by atoms with Crippen molar-refractivity contribution in [3.63, 3.8) is 0 Å². The SMILES string of the molecule is c1cc2c(c(-c3cn[nH]c3)c1)OCC2. The normalized spacial score (nSPS) is 13.7. The Labute approximate surface area is 81.7 Å². The van der Waals surface area contributed by atoms with E-state index in [4.69, 9.17) is 4.74 Å². The van der Waals surface area contributed by atoms with Crippen LogP contribution in [0.4, 0.5) is 0 Å². The molecule has 0 unspecified atom stereocenters. The highest BCUT2D eigenvalue weighted by Crippen LogP contribution is 2.35. The fraction of sp³-hybridized carbons (Fsp3) is 0.182. The lowest BCUT2D eigenvalue weighted by atomic mass is 10.0. The fourth-order valence-corrected chi connectivity index (χ4v) is 1.84. The quantitative estimate of drug-likeness (QED) is 0.739. The van der Waals surface area contributed by atoms with Crippen LogP contribution in [0.15, 0.2) is 30.6 Å². The van der Waals surface area contributed by atoms with Gasteiger partial charge >= 0.3 is 0 Å². The van der Waals surface area contributed by atoms with Crippen molar-refractivity contribution in [3.8, 4) is 16.9 Å². The first-order valence-electron chi connectivity index (χ1n) is 4.69. The molecule has 1 aromatic heterocycles. The number of hydrogen-bond donors (Lipinski definition) is 1. The van der Waals surface area contributed by atoms with E-state index in [0.29, 0.717) is 0 Å². The molecule has 2 aromatic rings. The van der Waals surface area contributed by atoms with Gasteiger partial charge in [0.2, 0.25) is 0 Å². The maximum absolute atomic E-state index is 5.61. The van der Waals surface area contributed by atoms with Gasteiger partial charge in [-0.15, -0.1) is 0 Å². The molecule has 1 N–H and O–H groups in total. The second-order valence-electron chi connectivity index (χ2n) is 3.38. The molecule has 0 bridgehead atoms. The monoisotopic (exact) mass is 186 g/mol. The number of hydrogen-bond acceptors (Lipinski definition) is 2. The number of nitrogens with zero attached hydrogens (tertiary/aromatic N) is 1. The van der Waals surface area contributed by atoms with E-state index in [-0.39, 0.29) is 0 Å².